The first-order chi connectivity index (χ1) is 17.5. The van der Waals surface area contributed by atoms with Crippen LogP contribution in [-0.2, 0) is 19.1 Å². The minimum absolute atomic E-state index is 0.176. The Morgan fingerprint density at radius 3 is 1.08 bits per heavy atom. The Morgan fingerprint density at radius 2 is 0.778 bits per heavy atom. The van der Waals surface area contributed by atoms with E-state index in [0.717, 1.165) is 25.7 Å². The van der Waals surface area contributed by atoms with Crippen molar-refractivity contribution in [1.29, 1.82) is 0 Å². The van der Waals surface area contributed by atoms with E-state index in [2.05, 4.69) is 52.0 Å². The summed E-state index contributed by atoms with van der Waals surface area (Å²) in [5, 5.41) is 0. The lowest BCUT2D eigenvalue weighted by molar-refractivity contribution is -0.152. The Labute approximate surface area is 222 Å². The van der Waals surface area contributed by atoms with Crippen molar-refractivity contribution in [2.24, 2.45) is 0 Å². The number of unbranched alkanes of at least 4 members (excludes halogenated alkanes) is 14. The highest BCUT2D eigenvalue weighted by Gasteiger charge is 2.05. The summed E-state index contributed by atoms with van der Waals surface area (Å²) in [5.74, 6) is -0.352. The van der Waals surface area contributed by atoms with Gasteiger partial charge in [-0.2, -0.15) is 0 Å². The summed E-state index contributed by atoms with van der Waals surface area (Å²) >= 11 is 0. The van der Waals surface area contributed by atoms with E-state index in [0.29, 0.717) is 12.8 Å². The van der Waals surface area contributed by atoms with Crippen LogP contribution in [0, 0.1) is 13.8 Å². The molecule has 0 N–H and O–H groups in total. The van der Waals surface area contributed by atoms with Crippen molar-refractivity contribution >= 4 is 11.9 Å². The molecule has 1 rings (SSSR count). The highest BCUT2D eigenvalue weighted by atomic mass is 16.6. The number of rotatable bonds is 21. The van der Waals surface area contributed by atoms with Crippen molar-refractivity contribution in [2.45, 2.75) is 143 Å². The van der Waals surface area contributed by atoms with E-state index in [1.807, 2.05) is 0 Å². The first kappa shape index (κ1) is 34.2. The minimum atomic E-state index is -0.176. The lowest BCUT2D eigenvalue weighted by Gasteiger charge is -2.07. The zero-order valence-electron chi connectivity index (χ0n) is 24.1. The van der Waals surface area contributed by atoms with Crippen molar-refractivity contribution in [1.82, 2.24) is 0 Å². The normalized spacial score (nSPS) is 10.4. The molecule has 0 saturated heterocycles. The summed E-state index contributed by atoms with van der Waals surface area (Å²) in [4.78, 5) is 23.3. The number of benzene rings is 1. The van der Waals surface area contributed by atoms with Crippen molar-refractivity contribution in [3.8, 4) is 0 Å². The van der Waals surface area contributed by atoms with Crippen LogP contribution in [-0.4, -0.2) is 25.2 Å². The fourth-order valence-electron chi connectivity index (χ4n) is 3.90. The highest BCUT2D eigenvalue weighted by molar-refractivity contribution is 5.70. The molecule has 0 unspecified atom stereocenters. The second kappa shape index (κ2) is 26.2. The molecule has 0 bridgehead atoms. The van der Waals surface area contributed by atoms with Gasteiger partial charge in [-0.1, -0.05) is 139 Å². The molecule has 36 heavy (non-hydrogen) atoms. The molecular formula is C32H56O4. The second-order valence-electron chi connectivity index (χ2n) is 10.0. The molecule has 0 atom stereocenters. The van der Waals surface area contributed by atoms with Gasteiger partial charge in [-0.05, 0) is 26.7 Å². The van der Waals surface area contributed by atoms with Crippen LogP contribution < -0.4 is 0 Å². The van der Waals surface area contributed by atoms with Gasteiger partial charge in [0.15, 0.2) is 0 Å². The van der Waals surface area contributed by atoms with E-state index < -0.39 is 0 Å². The van der Waals surface area contributed by atoms with Crippen molar-refractivity contribution in [3.05, 3.63) is 35.4 Å². The first-order valence-electron chi connectivity index (χ1n) is 14.8. The summed E-state index contributed by atoms with van der Waals surface area (Å²) in [5.41, 5.74) is 2.66. The molecular weight excluding hydrogens is 448 g/mol. The molecule has 0 saturated carbocycles. The number of hydrogen-bond donors (Lipinski definition) is 0. The number of ether oxygens (including phenoxy) is 2. The monoisotopic (exact) mass is 504 g/mol. The molecule has 208 valence electrons. The average Bonchev–Trinajstić information content (AvgIpc) is 2.87. The molecule has 0 aliphatic carbocycles. The molecule has 0 radical (unpaired) electrons. The number of aryl methyl sites for hydroxylation is 2. The summed E-state index contributed by atoms with van der Waals surface area (Å²) in [6, 6.07) is 8.48. The summed E-state index contributed by atoms with van der Waals surface area (Å²) < 4.78 is 10.3. The Morgan fingerprint density at radius 1 is 0.500 bits per heavy atom. The maximum atomic E-state index is 11.6. The molecule has 0 aliphatic rings. The van der Waals surface area contributed by atoms with E-state index >= 15 is 0 Å². The van der Waals surface area contributed by atoms with Gasteiger partial charge in [0.05, 0.1) is 0 Å². The van der Waals surface area contributed by atoms with Crippen LogP contribution in [0.3, 0.4) is 0 Å². The largest absolute Gasteiger partial charge is 0.462 e. The summed E-state index contributed by atoms with van der Waals surface area (Å²) in [6.45, 7) is 9.00. The third-order valence-corrected chi connectivity index (χ3v) is 6.30. The van der Waals surface area contributed by atoms with E-state index in [-0.39, 0.29) is 25.2 Å². The van der Waals surface area contributed by atoms with Crippen LogP contribution in [0.5, 0.6) is 0 Å². The molecule has 4 heteroatoms. The molecule has 0 heterocycles. The fourth-order valence-corrected chi connectivity index (χ4v) is 3.90. The molecule has 0 amide bonds. The van der Waals surface area contributed by atoms with Gasteiger partial charge in [-0.3, -0.25) is 9.59 Å². The van der Waals surface area contributed by atoms with Gasteiger partial charge in [0.2, 0.25) is 0 Å². The van der Waals surface area contributed by atoms with Crippen LogP contribution in [0.4, 0.5) is 0 Å². The van der Waals surface area contributed by atoms with E-state index in [4.69, 9.17) is 9.47 Å². The van der Waals surface area contributed by atoms with Gasteiger partial charge in [0, 0.05) is 12.8 Å². The molecule has 1 aromatic carbocycles. The number of esters is 2. The third kappa shape index (κ3) is 25.3. The van der Waals surface area contributed by atoms with Gasteiger partial charge in [0.25, 0.3) is 0 Å². The van der Waals surface area contributed by atoms with Gasteiger partial charge < -0.3 is 9.47 Å². The van der Waals surface area contributed by atoms with Crippen LogP contribution in [0.1, 0.15) is 141 Å². The lowest BCUT2D eigenvalue weighted by atomic mass is 10.1. The van der Waals surface area contributed by atoms with Crippen LogP contribution in [0.2, 0.25) is 0 Å². The van der Waals surface area contributed by atoms with Gasteiger partial charge >= 0.3 is 11.9 Å². The number of carbonyl (C=O) groups is 2. The fraction of sp³-hybridized carbons (Fsp3) is 0.750. The Bertz CT molecular complexity index is 569. The van der Waals surface area contributed by atoms with Gasteiger partial charge in [0.1, 0.15) is 13.2 Å². The summed E-state index contributed by atoms with van der Waals surface area (Å²) in [7, 11) is 0. The van der Waals surface area contributed by atoms with Crippen molar-refractivity contribution < 1.29 is 19.1 Å². The van der Waals surface area contributed by atoms with E-state index in [1.165, 1.54) is 88.2 Å². The zero-order chi connectivity index (χ0) is 26.7. The molecule has 1 aromatic rings. The second-order valence-corrected chi connectivity index (χ2v) is 10.0. The maximum absolute atomic E-state index is 11.6. The third-order valence-electron chi connectivity index (χ3n) is 6.30. The molecule has 4 nitrogen and oxygen atoms in total. The molecule has 0 aromatic heterocycles. The Kier molecular flexibility index (Phi) is 24.9. The minimum Gasteiger partial charge on any atom is -0.462 e. The first-order valence-corrected chi connectivity index (χ1v) is 14.8. The van der Waals surface area contributed by atoms with Crippen molar-refractivity contribution in [2.75, 3.05) is 13.2 Å². The van der Waals surface area contributed by atoms with Crippen LogP contribution in [0.25, 0.3) is 0 Å². The summed E-state index contributed by atoms with van der Waals surface area (Å²) in [6.07, 6.45) is 20.3. The number of hydrogen-bond acceptors (Lipinski definition) is 4. The highest BCUT2D eigenvalue weighted by Crippen LogP contribution is 2.11. The van der Waals surface area contributed by atoms with Crippen molar-refractivity contribution in [3.63, 3.8) is 0 Å². The molecule has 0 spiro atoms. The Hall–Kier alpha value is -1.84. The smallest absolute Gasteiger partial charge is 0.305 e. The molecule has 0 fully saturated rings. The maximum Gasteiger partial charge on any atom is 0.305 e. The van der Waals surface area contributed by atoms with Gasteiger partial charge in [-0.15, -0.1) is 0 Å². The quantitative estimate of drug-likeness (QED) is 0.124. The average molecular weight is 505 g/mol. The standard InChI is InChI=1S/C24H46O4.C8H10/c1-3-5-7-9-11-13-15-17-19-23(25)27-21-22-28-24(26)20-18-16-14-12-10-8-6-4-2;1-7-3-5-8(2)6-4-7/h3-22H2,1-2H3;3-6H,1-2H3. The molecule has 0 aliphatic heterocycles. The Balaban J connectivity index is 0.00000128. The predicted octanol–water partition coefficient (Wildman–Crippen LogP) is 9.44. The van der Waals surface area contributed by atoms with E-state index in [1.54, 1.807) is 0 Å². The van der Waals surface area contributed by atoms with Crippen LogP contribution in [0.15, 0.2) is 24.3 Å². The van der Waals surface area contributed by atoms with Crippen LogP contribution >= 0.6 is 0 Å². The van der Waals surface area contributed by atoms with Gasteiger partial charge in [-0.25, -0.2) is 0 Å². The van der Waals surface area contributed by atoms with E-state index in [9.17, 15) is 9.59 Å². The predicted molar refractivity (Wildman–Crippen MR) is 152 cm³/mol. The zero-order valence-corrected chi connectivity index (χ0v) is 24.1. The number of carbonyl (C=O) groups excluding carboxylic acids is 2. The lowest BCUT2D eigenvalue weighted by Crippen LogP contribution is -2.13. The SMILES string of the molecule is CCCCCCCCCCC(=O)OCCOC(=O)CCCCCCCCCC.Cc1ccc(C)cc1. The topological polar surface area (TPSA) is 52.6 Å².